The first-order valence-corrected chi connectivity index (χ1v) is 6.66. The van der Waals surface area contributed by atoms with Crippen LogP contribution in [0.5, 0.6) is 0 Å². The lowest BCUT2D eigenvalue weighted by Gasteiger charge is -2.29. The minimum atomic E-state index is 0.519. The van der Waals surface area contributed by atoms with Crippen LogP contribution in [0.1, 0.15) is 52.4 Å². The van der Waals surface area contributed by atoms with Crippen LogP contribution in [0, 0.1) is 23.2 Å². The first kappa shape index (κ1) is 11.4. The van der Waals surface area contributed by atoms with Gasteiger partial charge in [0.1, 0.15) is 0 Å². The normalized spacial score (nSPS) is 39.0. The van der Waals surface area contributed by atoms with Crippen LogP contribution in [0.3, 0.4) is 0 Å². The first-order valence-electron chi connectivity index (χ1n) is 6.66. The molecule has 2 saturated carbocycles. The van der Waals surface area contributed by atoms with Crippen LogP contribution in [0.2, 0.25) is 0 Å². The summed E-state index contributed by atoms with van der Waals surface area (Å²) in [6.45, 7) is 5.86. The maximum atomic E-state index is 5.34. The van der Waals surface area contributed by atoms with Gasteiger partial charge in [0.25, 0.3) is 0 Å². The summed E-state index contributed by atoms with van der Waals surface area (Å²) in [5, 5.41) is 0. The fourth-order valence-corrected chi connectivity index (χ4v) is 3.75. The molecule has 0 spiro atoms. The molecule has 15 heavy (non-hydrogen) atoms. The molecule has 2 aliphatic rings. The second kappa shape index (κ2) is 4.45. The Morgan fingerprint density at radius 3 is 2.53 bits per heavy atom. The second-order valence-corrected chi connectivity index (χ2v) is 6.15. The Kier molecular flexibility index (Phi) is 3.39. The number of rotatable bonds is 4. The van der Waals surface area contributed by atoms with E-state index in [2.05, 4.69) is 13.8 Å². The van der Waals surface area contributed by atoms with Crippen LogP contribution < -0.4 is 0 Å². The van der Waals surface area contributed by atoms with Crippen molar-refractivity contribution in [3.8, 4) is 0 Å². The van der Waals surface area contributed by atoms with Gasteiger partial charge in [0.2, 0.25) is 0 Å². The maximum absolute atomic E-state index is 5.34. The molecule has 0 radical (unpaired) electrons. The molecule has 2 fully saturated rings. The van der Waals surface area contributed by atoms with Crippen LogP contribution >= 0.6 is 0 Å². The minimum Gasteiger partial charge on any atom is -0.384 e. The molecule has 0 aliphatic heterocycles. The van der Waals surface area contributed by atoms with Gasteiger partial charge in [-0.15, -0.1) is 0 Å². The molecule has 88 valence electrons. The van der Waals surface area contributed by atoms with Gasteiger partial charge in [0, 0.05) is 7.11 Å². The molecule has 0 bridgehead atoms. The molecule has 0 aromatic rings. The smallest absolute Gasteiger partial charge is 0.0518 e. The SMILES string of the molecule is COC[C@]1(C)C[C@H]1[C@H](C)C1CCCCC1. The highest BCUT2D eigenvalue weighted by molar-refractivity contribution is 5.02. The van der Waals surface area contributed by atoms with Crippen molar-refractivity contribution in [3.05, 3.63) is 0 Å². The van der Waals surface area contributed by atoms with Crippen LogP contribution in [0.15, 0.2) is 0 Å². The highest BCUT2D eigenvalue weighted by Crippen LogP contribution is 2.58. The summed E-state index contributed by atoms with van der Waals surface area (Å²) in [5.41, 5.74) is 0.519. The summed E-state index contributed by atoms with van der Waals surface area (Å²) in [6.07, 6.45) is 8.80. The van der Waals surface area contributed by atoms with Crippen LogP contribution in [-0.4, -0.2) is 13.7 Å². The Hall–Kier alpha value is -0.0400. The Balaban J connectivity index is 1.84. The van der Waals surface area contributed by atoms with E-state index in [0.717, 1.165) is 24.4 Å². The highest BCUT2D eigenvalue weighted by Gasteiger charge is 2.53. The molecule has 0 aromatic carbocycles. The van der Waals surface area contributed by atoms with Gasteiger partial charge in [0.05, 0.1) is 6.61 Å². The van der Waals surface area contributed by atoms with Crippen molar-refractivity contribution in [1.29, 1.82) is 0 Å². The topological polar surface area (TPSA) is 9.23 Å². The molecule has 0 N–H and O–H groups in total. The van der Waals surface area contributed by atoms with Gasteiger partial charge in [-0.1, -0.05) is 46.0 Å². The van der Waals surface area contributed by atoms with E-state index in [1.165, 1.54) is 38.5 Å². The highest BCUT2D eigenvalue weighted by atomic mass is 16.5. The van der Waals surface area contributed by atoms with Crippen LogP contribution in [0.4, 0.5) is 0 Å². The van der Waals surface area contributed by atoms with E-state index in [9.17, 15) is 0 Å². The molecule has 2 rings (SSSR count). The van der Waals surface area contributed by atoms with E-state index < -0.39 is 0 Å². The molecule has 0 heterocycles. The fourth-order valence-electron chi connectivity index (χ4n) is 3.75. The van der Waals surface area contributed by atoms with Gasteiger partial charge >= 0.3 is 0 Å². The Bertz CT molecular complexity index is 207. The third-order valence-electron chi connectivity index (χ3n) is 4.92. The maximum Gasteiger partial charge on any atom is 0.0518 e. The molecule has 0 aromatic heterocycles. The lowest BCUT2D eigenvalue weighted by atomic mass is 9.77. The summed E-state index contributed by atoms with van der Waals surface area (Å²) in [5.74, 6) is 2.90. The molecular formula is C14H26O. The predicted octanol–water partition coefficient (Wildman–Crippen LogP) is 3.88. The summed E-state index contributed by atoms with van der Waals surface area (Å²) >= 11 is 0. The van der Waals surface area contributed by atoms with Gasteiger partial charge in [-0.2, -0.15) is 0 Å². The van der Waals surface area contributed by atoms with Crippen molar-refractivity contribution >= 4 is 0 Å². The van der Waals surface area contributed by atoms with Crippen molar-refractivity contribution in [2.24, 2.45) is 23.2 Å². The van der Waals surface area contributed by atoms with E-state index >= 15 is 0 Å². The van der Waals surface area contributed by atoms with Gasteiger partial charge in [-0.3, -0.25) is 0 Å². The van der Waals surface area contributed by atoms with Crippen LogP contribution in [0.25, 0.3) is 0 Å². The van der Waals surface area contributed by atoms with Gasteiger partial charge < -0.3 is 4.74 Å². The third kappa shape index (κ3) is 2.38. The summed E-state index contributed by atoms with van der Waals surface area (Å²) in [7, 11) is 1.84. The third-order valence-corrected chi connectivity index (χ3v) is 4.92. The van der Waals surface area contributed by atoms with Gasteiger partial charge in [-0.25, -0.2) is 0 Å². The molecular weight excluding hydrogens is 184 g/mol. The molecule has 1 nitrogen and oxygen atoms in total. The predicted molar refractivity (Wildman–Crippen MR) is 63.8 cm³/mol. The average molecular weight is 210 g/mol. The van der Waals surface area contributed by atoms with Crippen molar-refractivity contribution in [3.63, 3.8) is 0 Å². The summed E-state index contributed by atoms with van der Waals surface area (Å²) in [6, 6.07) is 0. The molecule has 0 amide bonds. The zero-order chi connectivity index (χ0) is 10.9. The van der Waals surface area contributed by atoms with E-state index in [-0.39, 0.29) is 0 Å². The quantitative estimate of drug-likeness (QED) is 0.684. The van der Waals surface area contributed by atoms with Gasteiger partial charge in [0.15, 0.2) is 0 Å². The molecule has 2 aliphatic carbocycles. The Morgan fingerprint density at radius 2 is 1.93 bits per heavy atom. The van der Waals surface area contributed by atoms with Crippen LogP contribution in [-0.2, 0) is 4.74 Å². The lowest BCUT2D eigenvalue weighted by molar-refractivity contribution is 0.124. The number of methoxy groups -OCH3 is 1. The number of hydrogen-bond acceptors (Lipinski definition) is 1. The molecule has 3 atom stereocenters. The van der Waals surface area contributed by atoms with E-state index in [1.54, 1.807) is 0 Å². The Morgan fingerprint density at radius 1 is 1.27 bits per heavy atom. The standard InChI is InChI=1S/C14H26O/c1-11(12-7-5-4-6-8-12)13-9-14(13,2)10-15-3/h11-13H,4-10H2,1-3H3/t11-,13+,14+/m1/s1. The number of hydrogen-bond donors (Lipinski definition) is 0. The van der Waals surface area contributed by atoms with Gasteiger partial charge in [-0.05, 0) is 29.6 Å². The summed E-state index contributed by atoms with van der Waals surface area (Å²) in [4.78, 5) is 0. The minimum absolute atomic E-state index is 0.519. The van der Waals surface area contributed by atoms with Crippen molar-refractivity contribution in [2.75, 3.05) is 13.7 Å². The largest absolute Gasteiger partial charge is 0.384 e. The first-order chi connectivity index (χ1) is 7.17. The van der Waals surface area contributed by atoms with Crippen molar-refractivity contribution < 1.29 is 4.74 Å². The summed E-state index contributed by atoms with van der Waals surface area (Å²) < 4.78 is 5.34. The Labute approximate surface area is 94.6 Å². The molecule has 0 saturated heterocycles. The zero-order valence-corrected chi connectivity index (χ0v) is 10.6. The number of ether oxygens (including phenoxy) is 1. The van der Waals surface area contributed by atoms with Crippen molar-refractivity contribution in [2.45, 2.75) is 52.4 Å². The molecule has 0 unspecified atom stereocenters. The van der Waals surface area contributed by atoms with E-state index in [1.807, 2.05) is 7.11 Å². The van der Waals surface area contributed by atoms with Crippen molar-refractivity contribution in [1.82, 2.24) is 0 Å². The molecule has 1 heteroatoms. The zero-order valence-electron chi connectivity index (χ0n) is 10.6. The monoisotopic (exact) mass is 210 g/mol. The second-order valence-electron chi connectivity index (χ2n) is 6.15. The lowest BCUT2D eigenvalue weighted by Crippen LogP contribution is -2.20. The average Bonchev–Trinajstić information content (AvgIpc) is 2.91. The van der Waals surface area contributed by atoms with E-state index in [0.29, 0.717) is 5.41 Å². The van der Waals surface area contributed by atoms with E-state index in [4.69, 9.17) is 4.74 Å². The fraction of sp³-hybridized carbons (Fsp3) is 1.00.